The van der Waals surface area contributed by atoms with E-state index in [0.29, 0.717) is 34.8 Å². The molecule has 0 unspecified atom stereocenters. The van der Waals surface area contributed by atoms with Gasteiger partial charge in [0.05, 0.1) is 24.6 Å². The van der Waals surface area contributed by atoms with Crippen LogP contribution < -0.4 is 14.8 Å². The molecule has 2 aliphatic carbocycles. The number of thiazole rings is 1. The molecule has 12 heteroatoms. The monoisotopic (exact) mass is 650 g/mol. The minimum absolute atomic E-state index is 0.0425. The predicted octanol–water partition coefficient (Wildman–Crippen LogP) is 5.56. The number of aromatic nitrogens is 2. The average Bonchev–Trinajstić information content (AvgIpc) is 3.33. The van der Waals surface area contributed by atoms with Gasteiger partial charge in [0.25, 0.3) is 0 Å². The van der Waals surface area contributed by atoms with Gasteiger partial charge < -0.3 is 24.8 Å². The highest BCUT2D eigenvalue weighted by Gasteiger charge is 2.61. The summed E-state index contributed by atoms with van der Waals surface area (Å²) in [6, 6.07) is 4.92. The van der Waals surface area contributed by atoms with Gasteiger partial charge in [0.15, 0.2) is 11.6 Å². The van der Waals surface area contributed by atoms with Crippen LogP contribution in [0.2, 0.25) is 0 Å². The van der Waals surface area contributed by atoms with Gasteiger partial charge >= 0.3 is 5.97 Å². The molecule has 2 aromatic heterocycles. The summed E-state index contributed by atoms with van der Waals surface area (Å²) < 4.78 is 27.4. The number of benzene rings is 1. The van der Waals surface area contributed by atoms with E-state index in [1.165, 1.54) is 24.5 Å². The minimum atomic E-state index is -1.37. The Morgan fingerprint density at radius 3 is 2.67 bits per heavy atom. The van der Waals surface area contributed by atoms with Gasteiger partial charge in [-0.1, -0.05) is 26.0 Å². The Kier molecular flexibility index (Phi) is 8.75. The van der Waals surface area contributed by atoms with Gasteiger partial charge in [-0.3, -0.25) is 9.59 Å². The van der Waals surface area contributed by atoms with E-state index in [1.54, 1.807) is 24.1 Å². The molecule has 2 fully saturated rings. The fourth-order valence-electron chi connectivity index (χ4n) is 6.61. The summed E-state index contributed by atoms with van der Waals surface area (Å²) in [4.78, 5) is 50.8. The Morgan fingerprint density at radius 1 is 1.17 bits per heavy atom. The van der Waals surface area contributed by atoms with Crippen molar-refractivity contribution in [3.63, 3.8) is 0 Å². The van der Waals surface area contributed by atoms with E-state index in [-0.39, 0.29) is 41.9 Å². The van der Waals surface area contributed by atoms with E-state index in [1.807, 2.05) is 31.4 Å². The zero-order valence-corrected chi connectivity index (χ0v) is 27.2. The molecule has 1 aliphatic heterocycles. The van der Waals surface area contributed by atoms with Crippen LogP contribution >= 0.6 is 11.3 Å². The summed E-state index contributed by atoms with van der Waals surface area (Å²) in [6.07, 6.45) is 6.47. The normalized spacial score (nSPS) is 27.5. The number of ether oxygens (including phenoxy) is 2. The molecule has 6 rings (SSSR count). The molecule has 10 nitrogen and oxygen atoms in total. The number of allylic oxidation sites excluding steroid dienone is 1. The minimum Gasteiger partial charge on any atom is -0.494 e. The van der Waals surface area contributed by atoms with Crippen LogP contribution in [0.15, 0.2) is 35.7 Å². The zero-order chi connectivity index (χ0) is 32.7. The predicted molar refractivity (Wildman–Crippen MR) is 171 cm³/mol. The van der Waals surface area contributed by atoms with Gasteiger partial charge in [-0.15, -0.1) is 11.3 Å². The number of carboxylic acid groups (broad SMARTS) is 1. The first kappa shape index (κ1) is 31.9. The Morgan fingerprint density at radius 2 is 1.96 bits per heavy atom. The molecule has 46 heavy (non-hydrogen) atoms. The number of aliphatic carboxylic acids is 1. The zero-order valence-electron chi connectivity index (χ0n) is 26.4. The number of rotatable bonds is 6. The van der Waals surface area contributed by atoms with Crippen molar-refractivity contribution >= 4 is 40.0 Å². The third-order valence-electron chi connectivity index (χ3n) is 9.47. The van der Waals surface area contributed by atoms with Crippen LogP contribution in [0, 0.1) is 23.6 Å². The first-order valence-electron chi connectivity index (χ1n) is 15.8. The second-order valence-electron chi connectivity index (χ2n) is 12.9. The lowest BCUT2D eigenvalue weighted by molar-refractivity contribution is -0.145. The van der Waals surface area contributed by atoms with E-state index in [9.17, 15) is 19.5 Å². The van der Waals surface area contributed by atoms with Crippen molar-refractivity contribution in [1.29, 1.82) is 0 Å². The second kappa shape index (κ2) is 12.6. The number of carboxylic acids is 1. The summed E-state index contributed by atoms with van der Waals surface area (Å²) in [5.74, 6) is -3.53. The first-order valence-corrected chi connectivity index (χ1v) is 16.7. The van der Waals surface area contributed by atoms with Crippen LogP contribution in [0.4, 0.5) is 4.39 Å². The number of methoxy groups -OCH3 is 1. The molecule has 244 valence electrons. The van der Waals surface area contributed by atoms with Crippen molar-refractivity contribution < 1.29 is 33.4 Å². The standard InChI is InChI=1S/C34H39FN4O6S/c1-18(2)25-17-46-31(37-25)24-15-27(21-10-11-26(44-4)28(35)29(21)36-24)45-20-13-22-23(14-20)32(41)39(3)12-8-6-5-7-9-19-16-34(19,33(42)43)38-30(22)40/h7,9-11,15,17-20,22-23H,5-6,8,12-14,16H2,1-4H3,(H,38,40)(H,42,43)/b9-7-/t19-,20+,22+,23+,34+/m0/s1. The topological polar surface area (TPSA) is 131 Å². The van der Waals surface area contributed by atoms with Crippen molar-refractivity contribution in [2.75, 3.05) is 20.7 Å². The molecule has 3 aromatic rings. The highest BCUT2D eigenvalue weighted by atomic mass is 32.1. The number of hydrogen-bond donors (Lipinski definition) is 2. The van der Waals surface area contributed by atoms with Gasteiger partial charge in [0.2, 0.25) is 11.8 Å². The Labute approximate surface area is 271 Å². The maximum Gasteiger partial charge on any atom is 0.330 e. The quantitative estimate of drug-likeness (QED) is 0.332. The third-order valence-corrected chi connectivity index (χ3v) is 10.4. The van der Waals surface area contributed by atoms with Crippen molar-refractivity contribution in [2.24, 2.45) is 17.8 Å². The van der Waals surface area contributed by atoms with Gasteiger partial charge in [-0.05, 0) is 56.6 Å². The number of halogens is 1. The molecule has 2 saturated carbocycles. The van der Waals surface area contributed by atoms with Gasteiger partial charge in [0, 0.05) is 36.3 Å². The van der Waals surface area contributed by atoms with Crippen molar-refractivity contribution in [2.45, 2.75) is 69.9 Å². The summed E-state index contributed by atoms with van der Waals surface area (Å²) in [5.41, 5.74) is 0.0295. The van der Waals surface area contributed by atoms with E-state index < -0.39 is 41.2 Å². The number of carbonyl (C=O) groups excluding carboxylic acids is 2. The van der Waals surface area contributed by atoms with Crippen LogP contribution in [-0.2, 0) is 14.4 Å². The highest BCUT2D eigenvalue weighted by Crippen LogP contribution is 2.47. The van der Waals surface area contributed by atoms with Crippen LogP contribution in [0.1, 0.15) is 64.0 Å². The maximum absolute atomic E-state index is 15.6. The second-order valence-corrected chi connectivity index (χ2v) is 13.8. The van der Waals surface area contributed by atoms with Crippen molar-refractivity contribution in [1.82, 2.24) is 20.2 Å². The number of fused-ring (bicyclic) bond motifs is 3. The summed E-state index contributed by atoms with van der Waals surface area (Å²) in [5, 5.41) is 15.8. The SMILES string of the molecule is COc1ccc2c(O[C@@H]3C[C@H]4C(=O)N[C@]5(C(=O)O)C[C@@H]5/C=C\CCCCN(C)C(=O)[C@@H]4C3)cc(-c3nc(C(C)C)cs3)nc2c1F. The number of carbonyl (C=O) groups is 3. The molecule has 0 radical (unpaired) electrons. The van der Waals surface area contributed by atoms with Crippen LogP contribution in [0.3, 0.4) is 0 Å². The molecule has 5 atom stereocenters. The molecule has 3 heterocycles. The molecule has 0 bridgehead atoms. The molecule has 1 aromatic carbocycles. The van der Waals surface area contributed by atoms with Crippen LogP contribution in [0.25, 0.3) is 21.6 Å². The maximum atomic E-state index is 15.6. The number of pyridine rings is 1. The number of hydrogen-bond acceptors (Lipinski definition) is 8. The van der Waals surface area contributed by atoms with E-state index in [4.69, 9.17) is 14.5 Å². The summed E-state index contributed by atoms with van der Waals surface area (Å²) >= 11 is 1.41. The fraction of sp³-hybridized carbons (Fsp3) is 0.500. The molecule has 2 amide bonds. The van der Waals surface area contributed by atoms with Gasteiger partial charge in [-0.25, -0.2) is 19.2 Å². The third kappa shape index (κ3) is 5.94. The number of nitrogens with one attached hydrogen (secondary N) is 1. The lowest BCUT2D eigenvalue weighted by atomic mass is 9.93. The summed E-state index contributed by atoms with van der Waals surface area (Å²) in [6.45, 7) is 4.64. The van der Waals surface area contributed by atoms with E-state index in [2.05, 4.69) is 10.3 Å². The smallest absolute Gasteiger partial charge is 0.330 e. The highest BCUT2D eigenvalue weighted by molar-refractivity contribution is 7.13. The van der Waals surface area contributed by atoms with Crippen LogP contribution in [0.5, 0.6) is 11.5 Å². The average molecular weight is 651 g/mol. The lowest BCUT2D eigenvalue weighted by Crippen LogP contribution is -2.49. The molecular formula is C34H39FN4O6S. The Balaban J connectivity index is 1.35. The largest absolute Gasteiger partial charge is 0.494 e. The van der Waals surface area contributed by atoms with Gasteiger partial charge in [-0.2, -0.15) is 0 Å². The number of amides is 2. The fourth-order valence-corrected chi connectivity index (χ4v) is 7.55. The molecule has 0 saturated heterocycles. The van der Waals surface area contributed by atoms with Gasteiger partial charge in [0.1, 0.15) is 33.6 Å². The molecule has 2 N–H and O–H groups in total. The molecule has 3 aliphatic rings. The first-order chi connectivity index (χ1) is 22.0. The molecular weight excluding hydrogens is 611 g/mol. The Hall–Kier alpha value is -4.06. The summed E-state index contributed by atoms with van der Waals surface area (Å²) in [7, 11) is 3.12. The van der Waals surface area contributed by atoms with E-state index in [0.717, 1.165) is 25.0 Å². The lowest BCUT2D eigenvalue weighted by Gasteiger charge is -2.26. The van der Waals surface area contributed by atoms with E-state index >= 15 is 4.39 Å². The van der Waals surface area contributed by atoms with Crippen molar-refractivity contribution in [3.8, 4) is 22.2 Å². The number of nitrogens with zero attached hydrogens (tertiary/aromatic N) is 3. The van der Waals surface area contributed by atoms with Crippen molar-refractivity contribution in [3.05, 3.63) is 47.2 Å². The Bertz CT molecular complexity index is 1710. The van der Waals surface area contributed by atoms with Crippen LogP contribution in [-0.4, -0.2) is 70.1 Å². The molecule has 0 spiro atoms.